The summed E-state index contributed by atoms with van der Waals surface area (Å²) in [6, 6.07) is 8.44. The lowest BCUT2D eigenvalue weighted by Gasteiger charge is -2.50. The maximum absolute atomic E-state index is 14.0. The van der Waals surface area contributed by atoms with Crippen LogP contribution in [-0.4, -0.2) is 29.6 Å². The maximum atomic E-state index is 14.0. The molecule has 4 atom stereocenters. The van der Waals surface area contributed by atoms with Crippen molar-refractivity contribution in [2.75, 3.05) is 6.61 Å². The Labute approximate surface area is 152 Å². The fourth-order valence-electron chi connectivity index (χ4n) is 5.32. The average Bonchev–Trinajstić information content (AvgIpc) is 3.31. The van der Waals surface area contributed by atoms with Crippen molar-refractivity contribution in [3.63, 3.8) is 0 Å². The summed E-state index contributed by atoms with van der Waals surface area (Å²) in [5.41, 5.74) is 0.540. The summed E-state index contributed by atoms with van der Waals surface area (Å²) in [5.74, 6) is 0.900. The molecule has 1 N–H and O–H groups in total. The van der Waals surface area contributed by atoms with Crippen molar-refractivity contribution in [3.05, 3.63) is 41.8 Å². The summed E-state index contributed by atoms with van der Waals surface area (Å²) in [4.78, 5) is 17.1. The van der Waals surface area contributed by atoms with Gasteiger partial charge < -0.3 is 10.1 Å². The van der Waals surface area contributed by atoms with Gasteiger partial charge in [0.15, 0.2) is 0 Å². The third-order valence-electron chi connectivity index (χ3n) is 6.58. The Balaban J connectivity index is 1.38. The summed E-state index contributed by atoms with van der Waals surface area (Å²) < 4.78 is 20.0. The predicted octanol–water partition coefficient (Wildman–Crippen LogP) is 3.70. The normalized spacial score (nSPS) is 31.0. The molecule has 26 heavy (non-hydrogen) atoms. The van der Waals surface area contributed by atoms with E-state index in [-0.39, 0.29) is 23.2 Å². The van der Waals surface area contributed by atoms with Gasteiger partial charge >= 0.3 is 0 Å². The number of ether oxygens (including phenoxy) is 1. The van der Waals surface area contributed by atoms with Gasteiger partial charge in [0, 0.05) is 29.9 Å². The van der Waals surface area contributed by atoms with Crippen LogP contribution in [0.4, 0.5) is 4.39 Å². The quantitative estimate of drug-likeness (QED) is 0.914. The number of hydrogen-bond acceptors (Lipinski definition) is 3. The van der Waals surface area contributed by atoms with E-state index in [1.807, 2.05) is 0 Å². The summed E-state index contributed by atoms with van der Waals surface area (Å²) in [6.07, 6.45) is 6.37. The van der Waals surface area contributed by atoms with Gasteiger partial charge in [-0.1, -0.05) is 43.9 Å². The van der Waals surface area contributed by atoms with Gasteiger partial charge in [-0.25, -0.2) is 9.37 Å². The summed E-state index contributed by atoms with van der Waals surface area (Å²) >= 11 is 0. The molecular weight excluding hydrogens is 331 g/mol. The van der Waals surface area contributed by atoms with Crippen molar-refractivity contribution in [1.82, 2.24) is 10.3 Å². The lowest BCUT2D eigenvalue weighted by Crippen LogP contribution is -2.63. The molecule has 0 bridgehead atoms. The SMILES string of the molecule is O=C(N[C@H]1[C@@H]2CCO[C@@H]2[C@@H]1C1CCCC1)c1ccc2cccc(F)c2n1. The first-order valence-electron chi connectivity index (χ1n) is 9.70. The number of halogens is 1. The molecule has 0 spiro atoms. The van der Waals surface area contributed by atoms with E-state index in [0.29, 0.717) is 29.2 Å². The highest BCUT2D eigenvalue weighted by atomic mass is 19.1. The first-order chi connectivity index (χ1) is 12.7. The summed E-state index contributed by atoms with van der Waals surface area (Å²) in [6.45, 7) is 0.796. The third kappa shape index (κ3) is 2.52. The molecule has 2 aromatic rings. The van der Waals surface area contributed by atoms with Crippen LogP contribution >= 0.6 is 0 Å². The summed E-state index contributed by atoms with van der Waals surface area (Å²) in [5, 5.41) is 3.92. The average molecular weight is 354 g/mol. The number of hydrogen-bond donors (Lipinski definition) is 1. The molecule has 2 heterocycles. The van der Waals surface area contributed by atoms with Gasteiger partial charge in [-0.2, -0.15) is 0 Å². The van der Waals surface area contributed by atoms with Crippen LogP contribution in [0.15, 0.2) is 30.3 Å². The van der Waals surface area contributed by atoms with E-state index in [9.17, 15) is 9.18 Å². The number of fused-ring (bicyclic) bond motifs is 2. The number of carbonyl (C=O) groups is 1. The van der Waals surface area contributed by atoms with E-state index in [2.05, 4.69) is 10.3 Å². The minimum absolute atomic E-state index is 0.163. The lowest BCUT2D eigenvalue weighted by molar-refractivity contribution is -0.0784. The molecule has 1 aliphatic heterocycles. The predicted molar refractivity (Wildman–Crippen MR) is 96.3 cm³/mol. The third-order valence-corrected chi connectivity index (χ3v) is 6.58. The van der Waals surface area contributed by atoms with Crippen LogP contribution < -0.4 is 5.32 Å². The highest BCUT2D eigenvalue weighted by Gasteiger charge is 2.57. The first kappa shape index (κ1) is 16.2. The zero-order valence-corrected chi connectivity index (χ0v) is 14.7. The van der Waals surface area contributed by atoms with Gasteiger partial charge in [0.25, 0.3) is 5.91 Å². The second-order valence-electron chi connectivity index (χ2n) is 7.92. The maximum Gasteiger partial charge on any atom is 0.270 e. The zero-order chi connectivity index (χ0) is 17.7. The molecule has 0 radical (unpaired) electrons. The van der Waals surface area contributed by atoms with Gasteiger partial charge in [0.05, 0.1) is 6.10 Å². The molecule has 2 aliphatic carbocycles. The largest absolute Gasteiger partial charge is 0.377 e. The van der Waals surface area contributed by atoms with Crippen molar-refractivity contribution < 1.29 is 13.9 Å². The number of aromatic nitrogens is 1. The van der Waals surface area contributed by atoms with Crippen LogP contribution in [0.5, 0.6) is 0 Å². The molecule has 1 amide bonds. The molecule has 1 saturated heterocycles. The number of pyridine rings is 1. The van der Waals surface area contributed by atoms with E-state index in [1.165, 1.54) is 31.7 Å². The van der Waals surface area contributed by atoms with Gasteiger partial charge in [0.1, 0.15) is 17.0 Å². The molecule has 2 saturated carbocycles. The molecule has 0 unspecified atom stereocenters. The smallest absolute Gasteiger partial charge is 0.270 e. The van der Waals surface area contributed by atoms with Gasteiger partial charge in [-0.05, 0) is 24.5 Å². The molecule has 5 heteroatoms. The number of nitrogens with one attached hydrogen (secondary N) is 1. The van der Waals surface area contributed by atoms with Crippen molar-refractivity contribution in [1.29, 1.82) is 0 Å². The van der Waals surface area contributed by atoms with Crippen LogP contribution in [0.1, 0.15) is 42.6 Å². The van der Waals surface area contributed by atoms with E-state index in [4.69, 9.17) is 4.74 Å². The second kappa shape index (κ2) is 6.31. The Bertz CT molecular complexity index is 844. The Kier molecular flexibility index (Phi) is 3.92. The Hall–Kier alpha value is -2.01. The minimum Gasteiger partial charge on any atom is -0.377 e. The molecule has 5 rings (SSSR count). The molecule has 1 aromatic heterocycles. The number of amides is 1. The van der Waals surface area contributed by atoms with Gasteiger partial charge in [0.2, 0.25) is 0 Å². The van der Waals surface area contributed by atoms with Crippen LogP contribution in [0.3, 0.4) is 0 Å². The van der Waals surface area contributed by atoms with Crippen LogP contribution in [0.25, 0.3) is 10.9 Å². The highest BCUT2D eigenvalue weighted by Crippen LogP contribution is 2.51. The van der Waals surface area contributed by atoms with E-state index in [0.717, 1.165) is 13.0 Å². The van der Waals surface area contributed by atoms with Gasteiger partial charge in [-0.15, -0.1) is 0 Å². The lowest BCUT2D eigenvalue weighted by atomic mass is 9.61. The Morgan fingerprint density at radius 3 is 2.85 bits per heavy atom. The second-order valence-corrected chi connectivity index (χ2v) is 7.92. The molecule has 4 nitrogen and oxygen atoms in total. The molecular formula is C21H23FN2O2. The number of rotatable bonds is 3. The zero-order valence-electron chi connectivity index (χ0n) is 14.7. The first-order valence-corrected chi connectivity index (χ1v) is 9.70. The number of carbonyl (C=O) groups excluding carboxylic acids is 1. The Morgan fingerprint density at radius 2 is 2.00 bits per heavy atom. The summed E-state index contributed by atoms with van der Waals surface area (Å²) in [7, 11) is 0. The molecule has 3 aliphatic rings. The highest BCUT2D eigenvalue weighted by molar-refractivity contribution is 5.95. The van der Waals surface area contributed by atoms with Crippen LogP contribution in [0.2, 0.25) is 0 Å². The van der Waals surface area contributed by atoms with Crippen molar-refractivity contribution in [3.8, 4) is 0 Å². The fourth-order valence-corrected chi connectivity index (χ4v) is 5.32. The molecule has 3 fully saturated rings. The number of benzene rings is 1. The fraction of sp³-hybridized carbons (Fsp3) is 0.524. The Morgan fingerprint density at radius 1 is 1.15 bits per heavy atom. The topological polar surface area (TPSA) is 51.2 Å². The molecule has 136 valence electrons. The minimum atomic E-state index is -0.395. The van der Waals surface area contributed by atoms with Crippen LogP contribution in [0, 0.1) is 23.6 Å². The monoisotopic (exact) mass is 354 g/mol. The standard InChI is InChI=1S/C21H23FN2O2/c22-15-7-3-6-13-8-9-16(23-18(13)15)21(25)24-19-14-10-11-26-20(14)17(19)12-4-1-2-5-12/h3,6-9,12,14,17,19-20H,1-2,4-5,10-11H2,(H,24,25)/t14-,17+,19-,20-/m0/s1. The van der Waals surface area contributed by atoms with Crippen molar-refractivity contribution >= 4 is 16.8 Å². The molecule has 1 aromatic carbocycles. The van der Waals surface area contributed by atoms with Gasteiger partial charge in [-0.3, -0.25) is 4.79 Å². The number of para-hydroxylation sites is 1. The van der Waals surface area contributed by atoms with Crippen LogP contribution in [-0.2, 0) is 4.74 Å². The van der Waals surface area contributed by atoms with Crippen molar-refractivity contribution in [2.24, 2.45) is 17.8 Å². The van der Waals surface area contributed by atoms with Crippen molar-refractivity contribution in [2.45, 2.75) is 44.2 Å². The number of nitrogens with zero attached hydrogens (tertiary/aromatic N) is 1. The van der Waals surface area contributed by atoms with E-state index in [1.54, 1.807) is 24.3 Å². The van der Waals surface area contributed by atoms with E-state index >= 15 is 0 Å². The van der Waals surface area contributed by atoms with E-state index < -0.39 is 5.82 Å².